The lowest BCUT2D eigenvalue weighted by molar-refractivity contribution is -0.120. The summed E-state index contributed by atoms with van der Waals surface area (Å²) in [7, 11) is 0.0102. The van der Waals surface area contributed by atoms with Gasteiger partial charge in [0.2, 0.25) is 5.91 Å². The van der Waals surface area contributed by atoms with Gasteiger partial charge in [-0.1, -0.05) is 55.8 Å². The van der Waals surface area contributed by atoms with Gasteiger partial charge in [-0.25, -0.2) is 8.42 Å². The Morgan fingerprint density at radius 1 is 0.895 bits per heavy atom. The van der Waals surface area contributed by atoms with Gasteiger partial charge in [-0.15, -0.1) is 0 Å². The average Bonchev–Trinajstić information content (AvgIpc) is 2.91. The number of nitrogens with one attached hydrogen (secondary N) is 1. The third kappa shape index (κ3) is 6.90. The van der Waals surface area contributed by atoms with Crippen LogP contribution in [0.1, 0.15) is 31.9 Å². The van der Waals surface area contributed by atoms with Gasteiger partial charge in [0.15, 0.2) is 11.5 Å². The Kier molecular flexibility index (Phi) is 9.88. The lowest BCUT2D eigenvalue weighted by Gasteiger charge is -2.28. The smallest absolute Gasteiger partial charge is 0.265 e. The van der Waals surface area contributed by atoms with E-state index in [9.17, 15) is 13.2 Å². The number of ether oxygens (including phenoxy) is 3. The van der Waals surface area contributed by atoms with Crippen LogP contribution in [0.4, 0.5) is 5.69 Å². The highest BCUT2D eigenvalue weighted by atomic mass is 35.5. The zero-order valence-electron chi connectivity index (χ0n) is 22.1. The van der Waals surface area contributed by atoms with Crippen molar-refractivity contribution in [3.05, 3.63) is 77.3 Å². The number of carbonyl (C=O) groups is 1. The highest BCUT2D eigenvalue weighted by molar-refractivity contribution is 7.92. The Bertz CT molecular complexity index is 1350. The van der Waals surface area contributed by atoms with Gasteiger partial charge < -0.3 is 19.5 Å². The largest absolute Gasteiger partial charge is 0.495 e. The SMILES string of the molecule is COc1ccc(S(=O)(=O)N(CC(=O)N[C@@H](CC(C)C)c2ccccc2)c2cc(Cl)ccc2OC)cc1OC. The molecule has 0 aromatic heterocycles. The first kappa shape index (κ1) is 29.1. The normalized spacial score (nSPS) is 12.1. The summed E-state index contributed by atoms with van der Waals surface area (Å²) in [6, 6.07) is 18.1. The molecule has 0 spiro atoms. The molecule has 3 rings (SSSR count). The first-order valence-corrected chi connectivity index (χ1v) is 13.8. The Labute approximate surface area is 229 Å². The van der Waals surface area contributed by atoms with E-state index in [2.05, 4.69) is 19.2 Å². The summed E-state index contributed by atoms with van der Waals surface area (Å²) in [5.41, 5.74) is 1.06. The van der Waals surface area contributed by atoms with Crippen molar-refractivity contribution in [3.63, 3.8) is 0 Å². The van der Waals surface area contributed by atoms with E-state index in [1.54, 1.807) is 12.1 Å². The van der Waals surface area contributed by atoms with Crippen LogP contribution in [-0.2, 0) is 14.8 Å². The first-order valence-electron chi connectivity index (χ1n) is 12.0. The molecule has 0 saturated carbocycles. The summed E-state index contributed by atoms with van der Waals surface area (Å²) in [6.45, 7) is 3.62. The van der Waals surface area contributed by atoms with Crippen molar-refractivity contribution in [3.8, 4) is 17.2 Å². The topological polar surface area (TPSA) is 94.2 Å². The van der Waals surface area contributed by atoms with Crippen LogP contribution in [0.5, 0.6) is 17.2 Å². The van der Waals surface area contributed by atoms with E-state index in [0.717, 1.165) is 9.87 Å². The third-order valence-corrected chi connectivity index (χ3v) is 7.87. The number of rotatable bonds is 12. The van der Waals surface area contributed by atoms with Crippen LogP contribution in [-0.4, -0.2) is 42.2 Å². The Morgan fingerprint density at radius 3 is 2.13 bits per heavy atom. The molecule has 0 aliphatic rings. The van der Waals surface area contributed by atoms with Crippen molar-refractivity contribution in [1.82, 2.24) is 5.32 Å². The number of hydrogen-bond donors (Lipinski definition) is 1. The summed E-state index contributed by atoms with van der Waals surface area (Å²) in [4.78, 5) is 13.4. The van der Waals surface area contributed by atoms with E-state index in [4.69, 9.17) is 25.8 Å². The summed E-state index contributed by atoms with van der Waals surface area (Å²) >= 11 is 6.25. The highest BCUT2D eigenvalue weighted by Gasteiger charge is 2.31. The average molecular weight is 561 g/mol. The zero-order chi connectivity index (χ0) is 27.9. The van der Waals surface area contributed by atoms with Gasteiger partial charge in [0.1, 0.15) is 12.3 Å². The summed E-state index contributed by atoms with van der Waals surface area (Å²) in [6.07, 6.45) is 0.679. The molecule has 3 aromatic rings. The summed E-state index contributed by atoms with van der Waals surface area (Å²) in [5, 5.41) is 3.31. The fourth-order valence-corrected chi connectivity index (χ4v) is 5.67. The Morgan fingerprint density at radius 2 is 1.53 bits per heavy atom. The molecular formula is C28H33ClN2O6S. The van der Waals surface area contributed by atoms with Crippen LogP contribution < -0.4 is 23.8 Å². The lowest BCUT2D eigenvalue weighted by atomic mass is 9.97. The minimum atomic E-state index is -4.28. The molecule has 1 N–H and O–H groups in total. The number of anilines is 1. The molecule has 0 aliphatic carbocycles. The molecule has 38 heavy (non-hydrogen) atoms. The van der Waals surface area contributed by atoms with Gasteiger partial charge >= 0.3 is 0 Å². The van der Waals surface area contributed by atoms with Gasteiger partial charge in [-0.3, -0.25) is 9.10 Å². The number of benzene rings is 3. The molecule has 0 saturated heterocycles. The van der Waals surface area contributed by atoms with Crippen LogP contribution in [0.25, 0.3) is 0 Å². The number of halogens is 1. The van der Waals surface area contributed by atoms with Gasteiger partial charge in [-0.05, 0) is 48.2 Å². The lowest BCUT2D eigenvalue weighted by Crippen LogP contribution is -2.42. The van der Waals surface area contributed by atoms with Crippen LogP contribution >= 0.6 is 11.6 Å². The second-order valence-electron chi connectivity index (χ2n) is 9.00. The van der Waals surface area contributed by atoms with E-state index in [-0.39, 0.29) is 33.1 Å². The van der Waals surface area contributed by atoms with E-state index in [1.165, 1.54) is 45.6 Å². The van der Waals surface area contributed by atoms with Crippen LogP contribution in [0.3, 0.4) is 0 Å². The van der Waals surface area contributed by atoms with Crippen molar-refractivity contribution in [2.24, 2.45) is 5.92 Å². The molecule has 10 heteroatoms. The van der Waals surface area contributed by atoms with E-state index < -0.39 is 22.5 Å². The van der Waals surface area contributed by atoms with Gasteiger partial charge in [0.05, 0.1) is 38.0 Å². The molecule has 1 atom stereocenters. The maximum atomic E-state index is 14.0. The molecule has 0 radical (unpaired) electrons. The van der Waals surface area contributed by atoms with Crippen molar-refractivity contribution >= 4 is 33.2 Å². The van der Waals surface area contributed by atoms with Crippen LogP contribution in [0, 0.1) is 5.92 Å². The highest BCUT2D eigenvalue weighted by Crippen LogP contribution is 2.37. The van der Waals surface area contributed by atoms with E-state index in [1.807, 2.05) is 30.3 Å². The predicted octanol–water partition coefficient (Wildman–Crippen LogP) is 5.46. The molecular weight excluding hydrogens is 528 g/mol. The van der Waals surface area contributed by atoms with E-state index in [0.29, 0.717) is 18.1 Å². The summed E-state index contributed by atoms with van der Waals surface area (Å²) in [5.74, 6) is 0.659. The molecule has 0 aliphatic heterocycles. The van der Waals surface area contributed by atoms with Gasteiger partial charge in [0.25, 0.3) is 10.0 Å². The Hall–Kier alpha value is -3.43. The van der Waals surface area contributed by atoms with Gasteiger partial charge in [-0.2, -0.15) is 0 Å². The van der Waals surface area contributed by atoms with E-state index >= 15 is 0 Å². The molecule has 204 valence electrons. The Balaban J connectivity index is 2.05. The van der Waals surface area contributed by atoms with Gasteiger partial charge in [0, 0.05) is 11.1 Å². The maximum Gasteiger partial charge on any atom is 0.265 e. The van der Waals surface area contributed by atoms with Crippen molar-refractivity contribution in [2.45, 2.75) is 31.2 Å². The first-order chi connectivity index (χ1) is 18.1. The number of nitrogens with zero attached hydrogens (tertiary/aromatic N) is 1. The van der Waals surface area contributed by atoms with Crippen LogP contribution in [0.15, 0.2) is 71.6 Å². The predicted molar refractivity (Wildman–Crippen MR) is 149 cm³/mol. The monoisotopic (exact) mass is 560 g/mol. The summed E-state index contributed by atoms with van der Waals surface area (Å²) < 4.78 is 45.0. The molecule has 3 aromatic carbocycles. The molecule has 1 amide bonds. The second-order valence-corrected chi connectivity index (χ2v) is 11.3. The van der Waals surface area contributed by atoms with Crippen molar-refractivity contribution in [1.29, 1.82) is 0 Å². The van der Waals surface area contributed by atoms with Crippen molar-refractivity contribution in [2.75, 3.05) is 32.2 Å². The second kappa shape index (κ2) is 12.9. The molecule has 0 bridgehead atoms. The number of amides is 1. The third-order valence-electron chi connectivity index (χ3n) is 5.88. The number of hydrogen-bond acceptors (Lipinski definition) is 6. The standard InChI is InChI=1S/C28H33ClN2O6S/c1-19(2)15-23(20-9-7-6-8-10-20)30-28(32)18-31(24-16-21(29)11-13-25(24)35-3)38(33,34)22-12-14-26(36-4)27(17-22)37-5/h6-14,16-17,19,23H,15,18H2,1-5H3,(H,30,32)/t23-/m0/s1. The number of sulfonamides is 1. The van der Waals surface area contributed by atoms with Crippen LogP contribution in [0.2, 0.25) is 5.02 Å². The fraction of sp³-hybridized carbons (Fsp3) is 0.321. The molecule has 0 unspecified atom stereocenters. The number of methoxy groups -OCH3 is 3. The minimum Gasteiger partial charge on any atom is -0.495 e. The maximum absolute atomic E-state index is 14.0. The fourth-order valence-electron chi connectivity index (χ4n) is 4.07. The quantitative estimate of drug-likeness (QED) is 0.316. The van der Waals surface area contributed by atoms with Crippen molar-refractivity contribution < 1.29 is 27.4 Å². The molecule has 0 heterocycles. The molecule has 8 nitrogen and oxygen atoms in total. The minimum absolute atomic E-state index is 0.0910. The number of carbonyl (C=O) groups excluding carboxylic acids is 1. The zero-order valence-corrected chi connectivity index (χ0v) is 23.7. The molecule has 0 fully saturated rings.